The topological polar surface area (TPSA) is 80.6 Å². The molecule has 4 aromatic carbocycles. The van der Waals surface area contributed by atoms with Crippen molar-refractivity contribution in [1.82, 2.24) is 0 Å². The van der Waals surface area contributed by atoms with Gasteiger partial charge in [-0.25, -0.2) is 0 Å². The van der Waals surface area contributed by atoms with Crippen molar-refractivity contribution in [2.24, 2.45) is 0 Å². The van der Waals surface area contributed by atoms with Crippen molar-refractivity contribution in [3.8, 4) is 23.3 Å². The number of halogens is 1. The Hall–Kier alpha value is -4.73. The standard InChI is InChI=1S/C34H31ClN2O4/c1-4-39-32-19-26(18-31(35)33(32)41-22-27-15-23(2)14-24(3)16-27)17-28(20-36)34(38)37-29-10-12-30(13-11-29)40-21-25-8-6-5-7-9-25/h5-19H,4,21-22H2,1-3H3,(H,37,38)/b28-17+. The predicted octanol–water partition coefficient (Wildman–Crippen LogP) is 8.06. The molecule has 4 rings (SSSR count). The third-order valence-electron chi connectivity index (χ3n) is 6.03. The van der Waals surface area contributed by atoms with E-state index in [1.165, 1.54) is 6.08 Å². The average molecular weight is 567 g/mol. The van der Waals surface area contributed by atoms with Gasteiger partial charge in [0.05, 0.1) is 11.6 Å². The van der Waals surface area contributed by atoms with Crippen molar-refractivity contribution < 1.29 is 19.0 Å². The number of nitrogens with zero attached hydrogens (tertiary/aromatic N) is 1. The van der Waals surface area contributed by atoms with Crippen LogP contribution < -0.4 is 19.5 Å². The maximum absolute atomic E-state index is 12.9. The summed E-state index contributed by atoms with van der Waals surface area (Å²) in [7, 11) is 0. The molecular weight excluding hydrogens is 536 g/mol. The minimum atomic E-state index is -0.547. The Balaban J connectivity index is 1.45. The lowest BCUT2D eigenvalue weighted by molar-refractivity contribution is -0.112. The molecule has 0 unspecified atom stereocenters. The zero-order valence-electron chi connectivity index (χ0n) is 23.2. The van der Waals surface area contributed by atoms with E-state index in [9.17, 15) is 10.1 Å². The molecule has 208 valence electrons. The molecule has 6 nitrogen and oxygen atoms in total. The zero-order valence-corrected chi connectivity index (χ0v) is 24.0. The van der Waals surface area contributed by atoms with Crippen LogP contribution in [0, 0.1) is 25.2 Å². The van der Waals surface area contributed by atoms with Gasteiger partial charge in [0.2, 0.25) is 0 Å². The number of ether oxygens (including phenoxy) is 3. The van der Waals surface area contributed by atoms with Crippen LogP contribution in [0.2, 0.25) is 5.02 Å². The van der Waals surface area contributed by atoms with E-state index in [4.69, 9.17) is 25.8 Å². The van der Waals surface area contributed by atoms with Gasteiger partial charge >= 0.3 is 0 Å². The van der Waals surface area contributed by atoms with Gasteiger partial charge in [-0.1, -0.05) is 71.3 Å². The minimum absolute atomic E-state index is 0.0863. The second kappa shape index (κ2) is 14.1. The smallest absolute Gasteiger partial charge is 0.266 e. The molecular formula is C34H31ClN2O4. The Labute approximate surface area is 245 Å². The highest BCUT2D eigenvalue weighted by Gasteiger charge is 2.15. The fraction of sp³-hybridized carbons (Fsp3) is 0.176. The molecule has 0 fully saturated rings. The molecule has 0 aliphatic carbocycles. The first-order chi connectivity index (χ1) is 19.8. The Morgan fingerprint density at radius 2 is 1.56 bits per heavy atom. The quantitative estimate of drug-likeness (QED) is 0.147. The Kier molecular flexibility index (Phi) is 10.0. The summed E-state index contributed by atoms with van der Waals surface area (Å²) in [4.78, 5) is 12.9. The fourth-order valence-corrected chi connectivity index (χ4v) is 4.54. The van der Waals surface area contributed by atoms with Crippen molar-refractivity contribution in [2.75, 3.05) is 11.9 Å². The highest BCUT2D eigenvalue weighted by molar-refractivity contribution is 6.32. The van der Waals surface area contributed by atoms with Gasteiger partial charge in [0, 0.05) is 5.69 Å². The van der Waals surface area contributed by atoms with E-state index < -0.39 is 5.91 Å². The molecule has 1 N–H and O–H groups in total. The summed E-state index contributed by atoms with van der Waals surface area (Å²) in [6, 6.07) is 28.3. The number of aryl methyl sites for hydroxylation is 2. The molecule has 4 aromatic rings. The van der Waals surface area contributed by atoms with Crippen LogP contribution in [-0.4, -0.2) is 12.5 Å². The van der Waals surface area contributed by atoms with E-state index in [0.717, 1.165) is 22.3 Å². The van der Waals surface area contributed by atoms with Crippen LogP contribution in [0.5, 0.6) is 17.2 Å². The largest absolute Gasteiger partial charge is 0.490 e. The Morgan fingerprint density at radius 3 is 2.22 bits per heavy atom. The summed E-state index contributed by atoms with van der Waals surface area (Å²) in [6.45, 7) is 7.08. The van der Waals surface area contributed by atoms with Crippen LogP contribution in [0.15, 0.2) is 90.5 Å². The van der Waals surface area contributed by atoms with E-state index in [1.807, 2.05) is 57.2 Å². The van der Waals surface area contributed by atoms with Gasteiger partial charge < -0.3 is 19.5 Å². The maximum Gasteiger partial charge on any atom is 0.266 e. The maximum atomic E-state index is 12.9. The van der Waals surface area contributed by atoms with E-state index in [2.05, 4.69) is 23.5 Å². The number of hydrogen-bond acceptors (Lipinski definition) is 5. The number of nitriles is 1. The Morgan fingerprint density at radius 1 is 0.878 bits per heavy atom. The van der Waals surface area contributed by atoms with E-state index in [0.29, 0.717) is 53.3 Å². The lowest BCUT2D eigenvalue weighted by Gasteiger charge is -2.15. The summed E-state index contributed by atoms with van der Waals surface area (Å²) in [5, 5.41) is 12.8. The number of carbonyl (C=O) groups excluding carboxylic acids is 1. The molecule has 1 amide bonds. The Bertz CT molecular complexity index is 1560. The van der Waals surface area contributed by atoms with Gasteiger partial charge in [0.25, 0.3) is 5.91 Å². The molecule has 0 radical (unpaired) electrons. The van der Waals surface area contributed by atoms with Crippen molar-refractivity contribution >= 4 is 29.3 Å². The highest BCUT2D eigenvalue weighted by atomic mass is 35.5. The zero-order chi connectivity index (χ0) is 29.2. The second-order valence-corrected chi connectivity index (χ2v) is 9.88. The first-order valence-corrected chi connectivity index (χ1v) is 13.6. The van der Waals surface area contributed by atoms with Crippen molar-refractivity contribution in [2.45, 2.75) is 34.0 Å². The third kappa shape index (κ3) is 8.38. The minimum Gasteiger partial charge on any atom is -0.490 e. The molecule has 7 heteroatoms. The molecule has 41 heavy (non-hydrogen) atoms. The summed E-state index contributed by atoms with van der Waals surface area (Å²) in [6.07, 6.45) is 1.47. The van der Waals surface area contributed by atoms with Crippen LogP contribution in [0.1, 0.15) is 34.7 Å². The molecule has 0 saturated heterocycles. The average Bonchev–Trinajstić information content (AvgIpc) is 2.95. The molecule has 0 aromatic heterocycles. The fourth-order valence-electron chi connectivity index (χ4n) is 4.27. The van der Waals surface area contributed by atoms with Gasteiger partial charge in [-0.15, -0.1) is 0 Å². The second-order valence-electron chi connectivity index (χ2n) is 9.47. The van der Waals surface area contributed by atoms with Crippen LogP contribution in [-0.2, 0) is 18.0 Å². The van der Waals surface area contributed by atoms with Gasteiger partial charge in [0.1, 0.15) is 30.6 Å². The summed E-state index contributed by atoms with van der Waals surface area (Å²) >= 11 is 6.59. The van der Waals surface area contributed by atoms with Crippen LogP contribution in [0.3, 0.4) is 0 Å². The molecule has 0 aliphatic rings. The predicted molar refractivity (Wildman–Crippen MR) is 162 cm³/mol. The highest BCUT2D eigenvalue weighted by Crippen LogP contribution is 2.38. The van der Waals surface area contributed by atoms with Crippen LogP contribution in [0.25, 0.3) is 6.08 Å². The lowest BCUT2D eigenvalue weighted by Crippen LogP contribution is -2.13. The van der Waals surface area contributed by atoms with Crippen molar-refractivity contribution in [3.05, 3.63) is 123 Å². The number of amides is 1. The van der Waals surface area contributed by atoms with Gasteiger partial charge in [-0.2, -0.15) is 5.26 Å². The summed E-state index contributed by atoms with van der Waals surface area (Å²) in [5.41, 5.74) is 5.35. The first-order valence-electron chi connectivity index (χ1n) is 13.2. The number of benzene rings is 4. The number of hydrogen-bond donors (Lipinski definition) is 1. The van der Waals surface area contributed by atoms with Crippen molar-refractivity contribution in [1.29, 1.82) is 5.26 Å². The lowest BCUT2D eigenvalue weighted by atomic mass is 10.1. The molecule has 0 spiro atoms. The van der Waals surface area contributed by atoms with Crippen LogP contribution >= 0.6 is 11.6 Å². The molecule has 0 aliphatic heterocycles. The number of carbonyl (C=O) groups is 1. The van der Waals surface area contributed by atoms with Crippen molar-refractivity contribution in [3.63, 3.8) is 0 Å². The van der Waals surface area contributed by atoms with E-state index >= 15 is 0 Å². The summed E-state index contributed by atoms with van der Waals surface area (Å²) < 4.78 is 17.6. The monoisotopic (exact) mass is 566 g/mol. The molecule has 0 atom stereocenters. The summed E-state index contributed by atoms with van der Waals surface area (Å²) in [5.74, 6) is 0.956. The number of rotatable bonds is 11. The first kappa shape index (κ1) is 29.3. The molecule has 0 bridgehead atoms. The van der Waals surface area contributed by atoms with Gasteiger partial charge in [0.15, 0.2) is 11.5 Å². The van der Waals surface area contributed by atoms with Crippen LogP contribution in [0.4, 0.5) is 5.69 Å². The normalized spacial score (nSPS) is 11.0. The number of anilines is 1. The molecule has 0 heterocycles. The SMILES string of the molecule is CCOc1cc(/C=C(\C#N)C(=O)Nc2ccc(OCc3ccccc3)cc2)cc(Cl)c1OCc1cc(C)cc(C)c1. The van der Waals surface area contributed by atoms with Gasteiger partial charge in [-0.05, 0) is 79.9 Å². The van der Waals surface area contributed by atoms with E-state index in [1.54, 1.807) is 36.4 Å². The van der Waals surface area contributed by atoms with Gasteiger partial charge in [-0.3, -0.25) is 4.79 Å². The molecule has 0 saturated carbocycles. The number of nitrogens with one attached hydrogen (secondary N) is 1. The van der Waals surface area contributed by atoms with E-state index in [-0.39, 0.29) is 5.57 Å². The third-order valence-corrected chi connectivity index (χ3v) is 6.31.